The quantitative estimate of drug-likeness (QED) is 0.738. The number of para-hydroxylation sites is 1. The lowest BCUT2D eigenvalue weighted by atomic mass is 9.71. The molecule has 1 spiro atoms. The van der Waals surface area contributed by atoms with E-state index in [4.69, 9.17) is 0 Å². The van der Waals surface area contributed by atoms with Gasteiger partial charge in [-0.05, 0) is 52.7 Å². The molecule has 3 fully saturated rings. The second kappa shape index (κ2) is 7.20. The smallest absolute Gasteiger partial charge is 0.326 e. The number of nitrogens with one attached hydrogen (secondary N) is 2. The molecule has 3 saturated heterocycles. The lowest BCUT2D eigenvalue weighted by Crippen LogP contribution is -2.68. The Balaban J connectivity index is 1.42. The number of halogens is 1. The zero-order chi connectivity index (χ0) is 21.7. The number of amides is 3. The normalized spacial score (nSPS) is 25.6. The Morgan fingerprint density at radius 1 is 0.967 bits per heavy atom. The maximum atomic E-state index is 14.1. The molecular formula is C22H32FN5O2. The minimum Gasteiger partial charge on any atom is -0.367 e. The van der Waals surface area contributed by atoms with Crippen molar-refractivity contribution in [3.05, 3.63) is 30.1 Å². The number of urea groups is 1. The topological polar surface area (TPSA) is 67.9 Å². The average Bonchev–Trinajstić information content (AvgIpc) is 2.83. The number of hydrogen-bond donors (Lipinski definition) is 2. The number of rotatable bonds is 3. The first-order chi connectivity index (χ1) is 14.0. The maximum Gasteiger partial charge on any atom is 0.326 e. The van der Waals surface area contributed by atoms with E-state index in [1.54, 1.807) is 12.1 Å². The summed E-state index contributed by atoms with van der Waals surface area (Å²) in [5.41, 5.74) is -0.770. The summed E-state index contributed by atoms with van der Waals surface area (Å²) in [7, 11) is 0. The van der Waals surface area contributed by atoms with E-state index < -0.39 is 5.54 Å². The molecule has 4 rings (SSSR count). The first-order valence-electron chi connectivity index (χ1n) is 10.7. The summed E-state index contributed by atoms with van der Waals surface area (Å²) < 4.78 is 14.1. The van der Waals surface area contributed by atoms with Crippen molar-refractivity contribution in [1.29, 1.82) is 0 Å². The highest BCUT2D eigenvalue weighted by atomic mass is 19.1. The third kappa shape index (κ3) is 3.90. The number of nitrogens with zero attached hydrogens (tertiary/aromatic N) is 3. The minimum atomic E-state index is -0.857. The lowest BCUT2D eigenvalue weighted by molar-refractivity contribution is -0.136. The second-order valence-electron chi connectivity index (χ2n) is 10.2. The highest BCUT2D eigenvalue weighted by Crippen LogP contribution is 2.39. The molecule has 7 nitrogen and oxygen atoms in total. The maximum absolute atomic E-state index is 14.1. The molecular weight excluding hydrogens is 385 g/mol. The van der Waals surface area contributed by atoms with Crippen molar-refractivity contribution in [1.82, 2.24) is 20.4 Å². The molecule has 0 radical (unpaired) electrons. The Labute approximate surface area is 177 Å². The highest BCUT2D eigenvalue weighted by Gasteiger charge is 2.58. The molecule has 3 amide bonds. The van der Waals surface area contributed by atoms with Crippen LogP contribution in [0.2, 0.25) is 0 Å². The predicted octanol–water partition coefficient (Wildman–Crippen LogP) is 2.14. The van der Waals surface area contributed by atoms with Gasteiger partial charge in [-0.25, -0.2) is 14.1 Å². The van der Waals surface area contributed by atoms with E-state index in [0.29, 0.717) is 44.7 Å². The van der Waals surface area contributed by atoms with Crippen molar-refractivity contribution in [3.8, 4) is 0 Å². The summed E-state index contributed by atoms with van der Waals surface area (Å²) in [6.45, 7) is 11.2. The SMILES string of the molecule is CC1(C)CC2(CC(C)(C)N1)NC(=O)N(CN1CCN(c3ccccc3F)CC1)C2=O. The van der Waals surface area contributed by atoms with Crippen LogP contribution >= 0.6 is 0 Å². The number of piperidine rings is 1. The molecule has 0 unspecified atom stereocenters. The Kier molecular flexibility index (Phi) is 5.05. The molecule has 164 valence electrons. The monoisotopic (exact) mass is 417 g/mol. The number of hydrogen-bond acceptors (Lipinski definition) is 5. The van der Waals surface area contributed by atoms with Gasteiger partial charge in [-0.2, -0.15) is 0 Å². The van der Waals surface area contributed by atoms with Crippen LogP contribution in [0.1, 0.15) is 40.5 Å². The fraction of sp³-hybridized carbons (Fsp3) is 0.636. The summed E-state index contributed by atoms with van der Waals surface area (Å²) in [5.74, 6) is -0.357. The first kappa shape index (κ1) is 21.1. The van der Waals surface area contributed by atoms with Crippen molar-refractivity contribution in [2.24, 2.45) is 0 Å². The fourth-order valence-electron chi connectivity index (χ4n) is 5.66. The van der Waals surface area contributed by atoms with Gasteiger partial charge in [0, 0.05) is 37.3 Å². The third-order valence-electron chi connectivity index (χ3n) is 6.32. The van der Waals surface area contributed by atoms with Gasteiger partial charge < -0.3 is 15.5 Å². The van der Waals surface area contributed by atoms with E-state index in [1.165, 1.54) is 11.0 Å². The van der Waals surface area contributed by atoms with Gasteiger partial charge in [0.05, 0.1) is 12.4 Å². The summed E-state index contributed by atoms with van der Waals surface area (Å²) in [6, 6.07) is 6.46. The van der Waals surface area contributed by atoms with E-state index >= 15 is 0 Å². The van der Waals surface area contributed by atoms with Crippen molar-refractivity contribution in [3.63, 3.8) is 0 Å². The van der Waals surface area contributed by atoms with Crippen LogP contribution in [-0.2, 0) is 4.79 Å². The van der Waals surface area contributed by atoms with E-state index in [2.05, 4.69) is 43.2 Å². The predicted molar refractivity (Wildman–Crippen MR) is 114 cm³/mol. The summed E-state index contributed by atoms with van der Waals surface area (Å²) in [4.78, 5) is 31.6. The lowest BCUT2D eigenvalue weighted by Gasteiger charge is -2.50. The van der Waals surface area contributed by atoms with Gasteiger partial charge in [0.25, 0.3) is 5.91 Å². The van der Waals surface area contributed by atoms with Crippen LogP contribution in [-0.4, -0.2) is 71.2 Å². The van der Waals surface area contributed by atoms with Crippen molar-refractivity contribution < 1.29 is 14.0 Å². The van der Waals surface area contributed by atoms with E-state index in [1.807, 2.05) is 11.0 Å². The Morgan fingerprint density at radius 3 is 2.17 bits per heavy atom. The summed E-state index contributed by atoms with van der Waals surface area (Å²) in [6.07, 6.45) is 1.12. The summed E-state index contributed by atoms with van der Waals surface area (Å²) in [5, 5.41) is 6.59. The van der Waals surface area contributed by atoms with Crippen LogP contribution in [0.15, 0.2) is 24.3 Å². The largest absolute Gasteiger partial charge is 0.367 e. The fourth-order valence-corrected chi connectivity index (χ4v) is 5.66. The van der Waals surface area contributed by atoms with Gasteiger partial charge >= 0.3 is 6.03 Å². The van der Waals surface area contributed by atoms with E-state index in [0.717, 1.165) is 0 Å². The minimum absolute atomic E-state index is 0.133. The molecule has 0 aliphatic carbocycles. The molecule has 0 saturated carbocycles. The zero-order valence-electron chi connectivity index (χ0n) is 18.3. The van der Waals surface area contributed by atoms with Gasteiger partial charge in [0.2, 0.25) is 0 Å². The number of carbonyl (C=O) groups excluding carboxylic acids is 2. The number of anilines is 1. The molecule has 2 N–H and O–H groups in total. The molecule has 3 heterocycles. The molecule has 1 aromatic carbocycles. The van der Waals surface area contributed by atoms with Crippen LogP contribution < -0.4 is 15.5 Å². The van der Waals surface area contributed by atoms with Crippen LogP contribution in [0, 0.1) is 5.82 Å². The molecule has 8 heteroatoms. The van der Waals surface area contributed by atoms with Gasteiger partial charge in [0.1, 0.15) is 11.4 Å². The number of carbonyl (C=O) groups is 2. The molecule has 0 aromatic heterocycles. The Bertz CT molecular complexity index is 832. The van der Waals surface area contributed by atoms with Crippen LogP contribution in [0.25, 0.3) is 0 Å². The van der Waals surface area contributed by atoms with Crippen molar-refractivity contribution in [2.75, 3.05) is 37.7 Å². The Hall–Kier alpha value is -2.19. The Morgan fingerprint density at radius 2 is 1.57 bits per heavy atom. The number of benzene rings is 1. The molecule has 0 atom stereocenters. The first-order valence-corrected chi connectivity index (χ1v) is 10.7. The third-order valence-corrected chi connectivity index (χ3v) is 6.32. The molecule has 0 bridgehead atoms. The molecule has 30 heavy (non-hydrogen) atoms. The van der Waals surface area contributed by atoms with Gasteiger partial charge in [-0.1, -0.05) is 12.1 Å². The van der Waals surface area contributed by atoms with Crippen molar-refractivity contribution in [2.45, 2.75) is 57.2 Å². The van der Waals surface area contributed by atoms with Gasteiger partial charge in [0.15, 0.2) is 0 Å². The van der Waals surface area contributed by atoms with Gasteiger partial charge in [-0.15, -0.1) is 0 Å². The number of piperazine rings is 1. The van der Waals surface area contributed by atoms with E-state index in [9.17, 15) is 14.0 Å². The molecule has 3 aliphatic heterocycles. The highest BCUT2D eigenvalue weighted by molar-refractivity contribution is 6.07. The van der Waals surface area contributed by atoms with Gasteiger partial charge in [-0.3, -0.25) is 9.69 Å². The second-order valence-corrected chi connectivity index (χ2v) is 10.2. The van der Waals surface area contributed by atoms with Crippen molar-refractivity contribution >= 4 is 17.6 Å². The average molecular weight is 418 g/mol. The molecule has 1 aromatic rings. The van der Waals surface area contributed by atoms with Crippen LogP contribution in [0.5, 0.6) is 0 Å². The standard InChI is InChI=1S/C22H32FN5O2/c1-20(2)13-22(14-21(3,4)25-20)18(29)28(19(30)24-22)15-26-9-11-27(12-10-26)17-8-6-5-7-16(17)23/h5-8,25H,9-15H2,1-4H3,(H,24,30). The van der Waals surface area contributed by atoms with E-state index in [-0.39, 0.29) is 35.5 Å². The van der Waals surface area contributed by atoms with Crippen LogP contribution in [0.4, 0.5) is 14.9 Å². The number of imide groups is 1. The molecule has 3 aliphatic rings. The zero-order valence-corrected chi connectivity index (χ0v) is 18.3. The van der Waals surface area contributed by atoms with Crippen LogP contribution in [0.3, 0.4) is 0 Å². The summed E-state index contributed by atoms with van der Waals surface area (Å²) >= 11 is 0.